The highest BCUT2D eigenvalue weighted by atomic mass is 32.2. The van der Waals surface area contributed by atoms with E-state index in [0.717, 1.165) is 36.9 Å². The van der Waals surface area contributed by atoms with Crippen LogP contribution in [0.4, 0.5) is 5.69 Å². The van der Waals surface area contributed by atoms with Gasteiger partial charge in [-0.25, -0.2) is 8.42 Å². The monoisotopic (exact) mass is 295 g/mol. The summed E-state index contributed by atoms with van der Waals surface area (Å²) >= 11 is 0. The van der Waals surface area contributed by atoms with Crippen molar-refractivity contribution in [3.05, 3.63) is 29.8 Å². The maximum Gasteiger partial charge on any atom is 0.237 e. The molecule has 2 heterocycles. The van der Waals surface area contributed by atoms with Gasteiger partial charge in [-0.1, -0.05) is 18.2 Å². The number of hydrogen-bond acceptors (Lipinski definition) is 3. The van der Waals surface area contributed by atoms with Gasteiger partial charge in [0.1, 0.15) is 0 Å². The molecule has 0 amide bonds. The van der Waals surface area contributed by atoms with Gasteiger partial charge in [0, 0.05) is 12.6 Å². The predicted octanol–water partition coefficient (Wildman–Crippen LogP) is 2.34. The third-order valence-corrected chi connectivity index (χ3v) is 6.06. The van der Waals surface area contributed by atoms with Gasteiger partial charge in [-0.3, -0.25) is 4.31 Å². The van der Waals surface area contributed by atoms with Gasteiger partial charge in [-0.15, -0.1) is 0 Å². The van der Waals surface area contributed by atoms with Crippen molar-refractivity contribution in [3.63, 3.8) is 0 Å². The maximum absolute atomic E-state index is 12.7. The molecule has 0 N–H and O–H groups in total. The van der Waals surface area contributed by atoms with Crippen LogP contribution >= 0.6 is 0 Å². The second-order valence-corrected chi connectivity index (χ2v) is 7.64. The molecular formula is C15H21NO3S. The summed E-state index contributed by atoms with van der Waals surface area (Å²) in [6.45, 7) is 2.66. The number of hydrogen-bond donors (Lipinski definition) is 0. The summed E-state index contributed by atoms with van der Waals surface area (Å²) in [5, 5.41) is 0. The first kappa shape index (κ1) is 13.9. The number of para-hydroxylation sites is 1. The summed E-state index contributed by atoms with van der Waals surface area (Å²) < 4.78 is 32.6. The number of anilines is 1. The fraction of sp³-hybridized carbons (Fsp3) is 0.600. The van der Waals surface area contributed by atoms with Gasteiger partial charge in [0.15, 0.2) is 0 Å². The van der Waals surface area contributed by atoms with Gasteiger partial charge in [-0.05, 0) is 44.2 Å². The van der Waals surface area contributed by atoms with Crippen molar-refractivity contribution in [2.24, 2.45) is 0 Å². The van der Waals surface area contributed by atoms with Crippen molar-refractivity contribution in [3.8, 4) is 0 Å². The van der Waals surface area contributed by atoms with E-state index in [1.807, 2.05) is 31.2 Å². The summed E-state index contributed by atoms with van der Waals surface area (Å²) in [5.41, 5.74) is 1.96. The minimum Gasteiger partial charge on any atom is -0.377 e. The first-order valence-corrected chi connectivity index (χ1v) is 8.90. The number of sulfonamides is 1. The number of fused-ring (bicyclic) bond motifs is 1. The number of rotatable bonds is 3. The molecule has 20 heavy (non-hydrogen) atoms. The summed E-state index contributed by atoms with van der Waals surface area (Å²) in [7, 11) is -3.31. The maximum atomic E-state index is 12.7. The van der Waals surface area contributed by atoms with E-state index in [1.54, 1.807) is 4.31 Å². The van der Waals surface area contributed by atoms with Crippen molar-refractivity contribution >= 4 is 15.7 Å². The topological polar surface area (TPSA) is 46.6 Å². The Morgan fingerprint density at radius 3 is 2.85 bits per heavy atom. The van der Waals surface area contributed by atoms with E-state index >= 15 is 0 Å². The molecular weight excluding hydrogens is 274 g/mol. The fourth-order valence-electron chi connectivity index (χ4n) is 3.22. The average Bonchev–Trinajstić information content (AvgIpc) is 2.75. The minimum atomic E-state index is -3.31. The lowest BCUT2D eigenvalue weighted by molar-refractivity contribution is 0.0305. The molecule has 1 aromatic rings. The Kier molecular flexibility index (Phi) is 3.73. The van der Waals surface area contributed by atoms with Crippen LogP contribution in [-0.4, -0.2) is 32.9 Å². The zero-order valence-corrected chi connectivity index (χ0v) is 12.6. The largest absolute Gasteiger partial charge is 0.377 e. The fourth-order valence-corrected chi connectivity index (χ4v) is 5.21. The van der Waals surface area contributed by atoms with E-state index < -0.39 is 10.0 Å². The van der Waals surface area contributed by atoms with Crippen molar-refractivity contribution in [1.82, 2.24) is 0 Å². The Labute approximate surface area is 120 Å². The molecule has 2 aliphatic rings. The van der Waals surface area contributed by atoms with E-state index in [-0.39, 0.29) is 17.9 Å². The molecule has 2 atom stereocenters. The van der Waals surface area contributed by atoms with E-state index in [9.17, 15) is 8.42 Å². The van der Waals surface area contributed by atoms with E-state index in [2.05, 4.69) is 0 Å². The van der Waals surface area contributed by atoms with Gasteiger partial charge in [0.25, 0.3) is 0 Å². The summed E-state index contributed by atoms with van der Waals surface area (Å²) in [6.07, 6.45) is 3.60. The molecule has 3 rings (SSSR count). The first-order chi connectivity index (χ1) is 9.58. The third-order valence-electron chi connectivity index (χ3n) is 4.11. The zero-order valence-electron chi connectivity index (χ0n) is 11.8. The van der Waals surface area contributed by atoms with Crippen molar-refractivity contribution in [1.29, 1.82) is 0 Å². The Hall–Kier alpha value is -1.07. The van der Waals surface area contributed by atoms with Gasteiger partial charge < -0.3 is 4.74 Å². The molecule has 0 aromatic heterocycles. The minimum absolute atomic E-state index is 0.000917. The van der Waals surface area contributed by atoms with Crippen LogP contribution in [0.5, 0.6) is 0 Å². The normalized spacial score (nSPS) is 26.6. The van der Waals surface area contributed by atoms with E-state index in [0.29, 0.717) is 6.61 Å². The van der Waals surface area contributed by atoms with Crippen LogP contribution in [0.15, 0.2) is 24.3 Å². The Morgan fingerprint density at radius 2 is 2.10 bits per heavy atom. The lowest BCUT2D eigenvalue weighted by atomic mass is 10.1. The predicted molar refractivity (Wildman–Crippen MR) is 79.5 cm³/mol. The van der Waals surface area contributed by atoms with Gasteiger partial charge in [0.2, 0.25) is 10.0 Å². The molecule has 4 nitrogen and oxygen atoms in total. The number of ether oxygens (including phenoxy) is 1. The van der Waals surface area contributed by atoms with E-state index in [1.165, 1.54) is 0 Å². The SMILES string of the molecule is C[C@@H]1Cc2ccccc2N1S(=O)(=O)C[C@H]1CCCCO1. The first-order valence-electron chi connectivity index (χ1n) is 7.29. The van der Waals surface area contributed by atoms with Crippen molar-refractivity contribution < 1.29 is 13.2 Å². The molecule has 0 aliphatic carbocycles. The molecule has 0 radical (unpaired) electrons. The standard InChI is InChI=1S/C15H21NO3S/c1-12-10-13-6-2-3-8-15(13)16(12)20(17,18)11-14-7-4-5-9-19-14/h2-3,6,8,12,14H,4-5,7,9-11H2,1H3/t12-,14-/m1/s1. The van der Waals surface area contributed by atoms with Gasteiger partial charge in [0.05, 0.1) is 17.5 Å². The van der Waals surface area contributed by atoms with Crippen molar-refractivity contribution in [2.75, 3.05) is 16.7 Å². The second kappa shape index (κ2) is 5.37. The van der Waals surface area contributed by atoms with Crippen LogP contribution in [0.1, 0.15) is 31.7 Å². The Balaban J connectivity index is 1.83. The average molecular weight is 295 g/mol. The lowest BCUT2D eigenvalue weighted by Gasteiger charge is -2.28. The third kappa shape index (κ3) is 2.56. The van der Waals surface area contributed by atoms with Crippen LogP contribution in [0.25, 0.3) is 0 Å². The summed E-state index contributed by atoms with van der Waals surface area (Å²) in [6, 6.07) is 7.78. The Morgan fingerprint density at radius 1 is 1.30 bits per heavy atom. The highest BCUT2D eigenvalue weighted by Gasteiger charge is 2.36. The molecule has 0 saturated carbocycles. The highest BCUT2D eigenvalue weighted by Crippen LogP contribution is 2.34. The van der Waals surface area contributed by atoms with Crippen LogP contribution < -0.4 is 4.31 Å². The second-order valence-electron chi connectivity index (χ2n) is 5.74. The smallest absolute Gasteiger partial charge is 0.237 e. The van der Waals surface area contributed by atoms with Crippen LogP contribution in [0.3, 0.4) is 0 Å². The lowest BCUT2D eigenvalue weighted by Crippen LogP contribution is -2.41. The van der Waals surface area contributed by atoms with Crippen LogP contribution in [0, 0.1) is 0 Å². The molecule has 0 spiro atoms. The van der Waals surface area contributed by atoms with E-state index in [4.69, 9.17) is 4.74 Å². The number of nitrogens with zero attached hydrogens (tertiary/aromatic N) is 1. The highest BCUT2D eigenvalue weighted by molar-refractivity contribution is 7.92. The molecule has 0 bridgehead atoms. The van der Waals surface area contributed by atoms with Crippen molar-refractivity contribution in [2.45, 2.75) is 44.8 Å². The van der Waals surface area contributed by atoms with Crippen LogP contribution in [-0.2, 0) is 21.2 Å². The molecule has 0 unspecified atom stereocenters. The molecule has 1 saturated heterocycles. The molecule has 1 fully saturated rings. The molecule has 2 aliphatic heterocycles. The summed E-state index contributed by atoms with van der Waals surface area (Å²) in [4.78, 5) is 0. The molecule has 110 valence electrons. The summed E-state index contributed by atoms with van der Waals surface area (Å²) in [5.74, 6) is 0.103. The quantitative estimate of drug-likeness (QED) is 0.860. The number of benzene rings is 1. The Bertz CT molecular complexity index is 579. The molecule has 5 heteroatoms. The molecule has 1 aromatic carbocycles. The van der Waals surface area contributed by atoms with Gasteiger partial charge >= 0.3 is 0 Å². The van der Waals surface area contributed by atoms with Crippen LogP contribution in [0.2, 0.25) is 0 Å². The van der Waals surface area contributed by atoms with Gasteiger partial charge in [-0.2, -0.15) is 0 Å². The zero-order chi connectivity index (χ0) is 14.2.